The minimum absolute atomic E-state index is 0.103. The third-order valence-corrected chi connectivity index (χ3v) is 4.10. The SMILES string of the molecule is Cc1ccc(-c2nnc(CCC(=O)Nc3c(C)nn(C)c3C)o2)cc1. The van der Waals surface area contributed by atoms with Gasteiger partial charge in [0.2, 0.25) is 17.7 Å². The molecule has 0 saturated carbocycles. The van der Waals surface area contributed by atoms with E-state index in [1.807, 2.05) is 52.1 Å². The fraction of sp³-hybridized carbons (Fsp3) is 0.333. The van der Waals surface area contributed by atoms with E-state index in [9.17, 15) is 4.79 Å². The van der Waals surface area contributed by atoms with Gasteiger partial charge in [0.15, 0.2) is 0 Å². The number of aryl methyl sites for hydroxylation is 4. The molecule has 2 heterocycles. The normalized spacial score (nSPS) is 10.9. The summed E-state index contributed by atoms with van der Waals surface area (Å²) in [5, 5.41) is 15.3. The Balaban J connectivity index is 1.60. The van der Waals surface area contributed by atoms with E-state index < -0.39 is 0 Å². The van der Waals surface area contributed by atoms with Gasteiger partial charge in [0.25, 0.3) is 0 Å². The fourth-order valence-electron chi connectivity index (χ4n) is 2.54. The summed E-state index contributed by atoms with van der Waals surface area (Å²) >= 11 is 0. The molecule has 7 nitrogen and oxygen atoms in total. The Morgan fingerprint density at radius 2 is 1.88 bits per heavy atom. The molecule has 0 saturated heterocycles. The van der Waals surface area contributed by atoms with E-state index in [0.29, 0.717) is 18.2 Å². The highest BCUT2D eigenvalue weighted by atomic mass is 16.4. The summed E-state index contributed by atoms with van der Waals surface area (Å²) in [6.07, 6.45) is 0.659. The molecule has 25 heavy (non-hydrogen) atoms. The molecule has 1 aromatic carbocycles. The molecule has 130 valence electrons. The molecule has 0 atom stereocenters. The average molecular weight is 339 g/mol. The highest BCUT2D eigenvalue weighted by Gasteiger charge is 2.14. The number of nitrogens with zero attached hydrogens (tertiary/aromatic N) is 4. The first kappa shape index (κ1) is 16.9. The lowest BCUT2D eigenvalue weighted by Gasteiger charge is -2.04. The molecule has 0 bridgehead atoms. The monoisotopic (exact) mass is 339 g/mol. The van der Waals surface area contributed by atoms with Gasteiger partial charge in [-0.2, -0.15) is 5.10 Å². The van der Waals surface area contributed by atoms with Crippen LogP contribution in [0.1, 0.15) is 29.3 Å². The summed E-state index contributed by atoms with van der Waals surface area (Å²) < 4.78 is 7.39. The summed E-state index contributed by atoms with van der Waals surface area (Å²) in [6.45, 7) is 5.81. The van der Waals surface area contributed by atoms with E-state index in [1.165, 1.54) is 5.56 Å². The van der Waals surface area contributed by atoms with Crippen molar-refractivity contribution in [3.8, 4) is 11.5 Å². The molecule has 0 fully saturated rings. The topological polar surface area (TPSA) is 85.8 Å². The van der Waals surface area contributed by atoms with E-state index in [2.05, 4.69) is 20.6 Å². The lowest BCUT2D eigenvalue weighted by molar-refractivity contribution is -0.116. The van der Waals surface area contributed by atoms with Crippen molar-refractivity contribution in [1.29, 1.82) is 0 Å². The molecule has 1 amide bonds. The number of rotatable bonds is 5. The molecule has 3 aromatic rings. The summed E-state index contributed by atoms with van der Waals surface area (Å²) in [6, 6.07) is 7.86. The zero-order valence-corrected chi connectivity index (χ0v) is 14.8. The number of nitrogens with one attached hydrogen (secondary N) is 1. The van der Waals surface area contributed by atoms with Crippen LogP contribution in [0.25, 0.3) is 11.5 Å². The van der Waals surface area contributed by atoms with Crippen molar-refractivity contribution in [2.24, 2.45) is 7.05 Å². The number of carbonyl (C=O) groups is 1. The Labute approximate surface area is 146 Å². The number of amides is 1. The van der Waals surface area contributed by atoms with Crippen LogP contribution in [0.5, 0.6) is 0 Å². The van der Waals surface area contributed by atoms with Gasteiger partial charge < -0.3 is 9.73 Å². The molecule has 7 heteroatoms. The molecule has 0 aliphatic carbocycles. The first-order valence-electron chi connectivity index (χ1n) is 8.13. The van der Waals surface area contributed by atoms with Crippen LogP contribution in [-0.2, 0) is 18.3 Å². The maximum absolute atomic E-state index is 12.2. The standard InChI is InChI=1S/C18H21N5O2/c1-11-5-7-14(8-6-11)18-21-20-16(25-18)10-9-15(24)19-17-12(2)22-23(4)13(17)3/h5-8H,9-10H2,1-4H3,(H,19,24). The highest BCUT2D eigenvalue weighted by molar-refractivity contribution is 5.91. The lowest BCUT2D eigenvalue weighted by Crippen LogP contribution is -2.13. The summed E-state index contributed by atoms with van der Waals surface area (Å²) in [5.74, 6) is 0.814. The third kappa shape index (κ3) is 3.76. The number of hydrogen-bond donors (Lipinski definition) is 1. The van der Waals surface area contributed by atoms with E-state index in [1.54, 1.807) is 4.68 Å². The highest BCUT2D eigenvalue weighted by Crippen LogP contribution is 2.20. The molecule has 3 rings (SSSR count). The zero-order valence-electron chi connectivity index (χ0n) is 14.8. The van der Waals surface area contributed by atoms with Crippen molar-refractivity contribution < 1.29 is 9.21 Å². The van der Waals surface area contributed by atoms with Gasteiger partial charge in [-0.1, -0.05) is 17.7 Å². The van der Waals surface area contributed by atoms with E-state index in [0.717, 1.165) is 22.6 Å². The Morgan fingerprint density at radius 1 is 1.16 bits per heavy atom. The van der Waals surface area contributed by atoms with E-state index >= 15 is 0 Å². The van der Waals surface area contributed by atoms with E-state index in [-0.39, 0.29) is 12.3 Å². The van der Waals surface area contributed by atoms with Gasteiger partial charge in [0.1, 0.15) is 0 Å². The Morgan fingerprint density at radius 3 is 2.52 bits per heavy atom. The minimum Gasteiger partial charge on any atom is -0.421 e. The largest absolute Gasteiger partial charge is 0.421 e. The number of benzene rings is 1. The molecule has 0 radical (unpaired) electrons. The van der Waals surface area contributed by atoms with Gasteiger partial charge in [-0.25, -0.2) is 0 Å². The van der Waals surface area contributed by atoms with Gasteiger partial charge in [0.05, 0.1) is 17.1 Å². The van der Waals surface area contributed by atoms with Crippen molar-refractivity contribution in [3.63, 3.8) is 0 Å². The second-order valence-electron chi connectivity index (χ2n) is 6.08. The van der Waals surface area contributed by atoms with Crippen LogP contribution >= 0.6 is 0 Å². The first-order chi connectivity index (χ1) is 11.9. The van der Waals surface area contributed by atoms with Crippen LogP contribution in [0.15, 0.2) is 28.7 Å². The number of carbonyl (C=O) groups excluding carboxylic acids is 1. The Hall–Kier alpha value is -2.96. The second kappa shape index (κ2) is 6.88. The van der Waals surface area contributed by atoms with Crippen LogP contribution in [0, 0.1) is 20.8 Å². The molecule has 0 unspecified atom stereocenters. The van der Waals surface area contributed by atoms with Crippen LogP contribution in [0.3, 0.4) is 0 Å². The average Bonchev–Trinajstić information content (AvgIpc) is 3.14. The maximum atomic E-state index is 12.2. The number of aromatic nitrogens is 4. The molecular formula is C18H21N5O2. The van der Waals surface area contributed by atoms with Gasteiger partial charge >= 0.3 is 0 Å². The predicted molar refractivity (Wildman–Crippen MR) is 94.1 cm³/mol. The molecule has 0 spiro atoms. The Kier molecular flexibility index (Phi) is 4.65. The zero-order chi connectivity index (χ0) is 18.0. The maximum Gasteiger partial charge on any atom is 0.247 e. The Bertz CT molecular complexity index is 893. The summed E-state index contributed by atoms with van der Waals surface area (Å²) in [5.41, 5.74) is 4.52. The van der Waals surface area contributed by atoms with Crippen LogP contribution in [0.4, 0.5) is 5.69 Å². The molecule has 1 N–H and O–H groups in total. The third-order valence-electron chi connectivity index (χ3n) is 4.10. The van der Waals surface area contributed by atoms with E-state index in [4.69, 9.17) is 4.42 Å². The van der Waals surface area contributed by atoms with Gasteiger partial charge in [-0.3, -0.25) is 9.48 Å². The number of anilines is 1. The summed E-state index contributed by atoms with van der Waals surface area (Å²) in [7, 11) is 1.85. The molecule has 0 aliphatic heterocycles. The van der Waals surface area contributed by atoms with Gasteiger partial charge in [-0.05, 0) is 32.9 Å². The molecule has 0 aliphatic rings. The molecular weight excluding hydrogens is 318 g/mol. The minimum atomic E-state index is -0.103. The predicted octanol–water partition coefficient (Wildman–Crippen LogP) is 2.97. The van der Waals surface area contributed by atoms with Gasteiger partial charge in [0, 0.05) is 25.5 Å². The van der Waals surface area contributed by atoms with Crippen molar-refractivity contribution >= 4 is 11.6 Å². The van der Waals surface area contributed by atoms with Crippen molar-refractivity contribution in [1.82, 2.24) is 20.0 Å². The van der Waals surface area contributed by atoms with Crippen molar-refractivity contribution in [2.75, 3.05) is 5.32 Å². The van der Waals surface area contributed by atoms with Crippen LogP contribution in [-0.4, -0.2) is 25.9 Å². The smallest absolute Gasteiger partial charge is 0.247 e. The second-order valence-corrected chi connectivity index (χ2v) is 6.08. The molecule has 2 aromatic heterocycles. The lowest BCUT2D eigenvalue weighted by atomic mass is 10.1. The van der Waals surface area contributed by atoms with Crippen molar-refractivity contribution in [3.05, 3.63) is 47.1 Å². The summed E-state index contributed by atoms with van der Waals surface area (Å²) in [4.78, 5) is 12.2. The fourth-order valence-corrected chi connectivity index (χ4v) is 2.54. The van der Waals surface area contributed by atoms with Crippen LogP contribution < -0.4 is 5.32 Å². The van der Waals surface area contributed by atoms with Crippen molar-refractivity contribution in [2.45, 2.75) is 33.6 Å². The van der Waals surface area contributed by atoms with Gasteiger partial charge in [-0.15, -0.1) is 10.2 Å². The first-order valence-corrected chi connectivity index (χ1v) is 8.13. The van der Waals surface area contributed by atoms with Crippen LogP contribution in [0.2, 0.25) is 0 Å². The quantitative estimate of drug-likeness (QED) is 0.772. The number of hydrogen-bond acceptors (Lipinski definition) is 5.